The monoisotopic (exact) mass is 419 g/mol. The summed E-state index contributed by atoms with van der Waals surface area (Å²) in [6, 6.07) is 14.9. The number of benzene rings is 2. The molecular formula is C22H21N5O4. The van der Waals surface area contributed by atoms with Crippen LogP contribution >= 0.6 is 0 Å². The van der Waals surface area contributed by atoms with E-state index in [4.69, 9.17) is 5.73 Å². The maximum absolute atomic E-state index is 13.0. The van der Waals surface area contributed by atoms with Crippen molar-refractivity contribution in [1.29, 1.82) is 0 Å². The maximum atomic E-state index is 13.0. The van der Waals surface area contributed by atoms with Crippen LogP contribution < -0.4 is 5.73 Å². The van der Waals surface area contributed by atoms with Crippen LogP contribution in [0.3, 0.4) is 0 Å². The second-order valence-corrected chi connectivity index (χ2v) is 7.50. The third kappa shape index (κ3) is 4.30. The summed E-state index contributed by atoms with van der Waals surface area (Å²) in [7, 11) is 0. The van der Waals surface area contributed by atoms with Crippen molar-refractivity contribution in [3.8, 4) is 0 Å². The SMILES string of the molecule is NC(=O)C1Cc2ncn(Cc3ccc([N+](=O)[O-])cc3)c2CN1C(=O)Cc1ccccc1. The summed E-state index contributed by atoms with van der Waals surface area (Å²) >= 11 is 0. The van der Waals surface area contributed by atoms with Crippen LogP contribution in [0.15, 0.2) is 60.9 Å². The molecule has 31 heavy (non-hydrogen) atoms. The first-order chi connectivity index (χ1) is 14.9. The van der Waals surface area contributed by atoms with Crippen LogP contribution in [-0.2, 0) is 35.5 Å². The van der Waals surface area contributed by atoms with Crippen LogP contribution in [0.4, 0.5) is 5.69 Å². The number of nitrogens with zero attached hydrogens (tertiary/aromatic N) is 4. The van der Waals surface area contributed by atoms with E-state index in [1.165, 1.54) is 17.0 Å². The van der Waals surface area contributed by atoms with Gasteiger partial charge in [0.15, 0.2) is 0 Å². The normalized spacial score (nSPS) is 15.4. The van der Waals surface area contributed by atoms with E-state index in [0.29, 0.717) is 6.54 Å². The number of aromatic nitrogens is 2. The molecule has 2 amide bonds. The van der Waals surface area contributed by atoms with Gasteiger partial charge in [-0.3, -0.25) is 19.7 Å². The van der Waals surface area contributed by atoms with Gasteiger partial charge in [-0.1, -0.05) is 42.5 Å². The Morgan fingerprint density at radius 2 is 1.81 bits per heavy atom. The van der Waals surface area contributed by atoms with Crippen LogP contribution in [-0.4, -0.2) is 37.2 Å². The number of primary amides is 1. The summed E-state index contributed by atoms with van der Waals surface area (Å²) in [4.78, 5) is 41.4. The van der Waals surface area contributed by atoms with E-state index in [1.54, 1.807) is 18.5 Å². The predicted molar refractivity (Wildman–Crippen MR) is 112 cm³/mol. The molecule has 3 aromatic rings. The maximum Gasteiger partial charge on any atom is 0.269 e. The van der Waals surface area contributed by atoms with E-state index >= 15 is 0 Å². The molecule has 2 N–H and O–H groups in total. The van der Waals surface area contributed by atoms with Gasteiger partial charge < -0.3 is 15.2 Å². The third-order valence-electron chi connectivity index (χ3n) is 5.46. The first-order valence-electron chi connectivity index (χ1n) is 9.81. The molecule has 0 saturated heterocycles. The zero-order valence-corrected chi connectivity index (χ0v) is 16.7. The molecule has 1 aromatic heterocycles. The molecule has 2 aromatic carbocycles. The molecule has 0 saturated carbocycles. The Hall–Kier alpha value is -4.01. The lowest BCUT2D eigenvalue weighted by atomic mass is 10.00. The average Bonchev–Trinajstić information content (AvgIpc) is 3.15. The highest BCUT2D eigenvalue weighted by molar-refractivity contribution is 5.88. The first kappa shape index (κ1) is 20.3. The number of hydrogen-bond donors (Lipinski definition) is 1. The second kappa shape index (κ2) is 8.39. The van der Waals surface area contributed by atoms with Gasteiger partial charge in [0.2, 0.25) is 11.8 Å². The van der Waals surface area contributed by atoms with Gasteiger partial charge in [0.05, 0.1) is 35.6 Å². The average molecular weight is 419 g/mol. The van der Waals surface area contributed by atoms with Gasteiger partial charge in [-0.05, 0) is 11.1 Å². The molecule has 9 heteroatoms. The zero-order valence-electron chi connectivity index (χ0n) is 16.7. The second-order valence-electron chi connectivity index (χ2n) is 7.50. The van der Waals surface area contributed by atoms with E-state index in [2.05, 4.69) is 4.98 Å². The van der Waals surface area contributed by atoms with Crippen LogP contribution in [0, 0.1) is 10.1 Å². The molecule has 9 nitrogen and oxygen atoms in total. The minimum absolute atomic E-state index is 0.0263. The lowest BCUT2D eigenvalue weighted by Gasteiger charge is -2.34. The lowest BCUT2D eigenvalue weighted by molar-refractivity contribution is -0.384. The molecular weight excluding hydrogens is 398 g/mol. The number of carbonyl (C=O) groups excluding carboxylic acids is 2. The van der Waals surface area contributed by atoms with Gasteiger partial charge >= 0.3 is 0 Å². The first-order valence-corrected chi connectivity index (χ1v) is 9.81. The molecule has 1 atom stereocenters. The molecule has 0 radical (unpaired) electrons. The molecule has 2 heterocycles. The number of hydrogen-bond acceptors (Lipinski definition) is 5. The Morgan fingerprint density at radius 1 is 1.10 bits per heavy atom. The molecule has 0 aliphatic carbocycles. The number of imidazole rings is 1. The zero-order chi connectivity index (χ0) is 22.0. The number of non-ortho nitro benzene ring substituents is 1. The standard InChI is InChI=1S/C22H21N5O4/c23-22(29)19-11-18-20(13-26(19)21(28)10-15-4-2-1-3-5-15)25(14-24-18)12-16-6-8-17(9-7-16)27(30)31/h1-9,14,19H,10-13H2,(H2,23,29). The summed E-state index contributed by atoms with van der Waals surface area (Å²) in [6.07, 6.45) is 2.10. The summed E-state index contributed by atoms with van der Waals surface area (Å²) < 4.78 is 1.90. The Balaban J connectivity index is 1.57. The topological polar surface area (TPSA) is 124 Å². The van der Waals surface area contributed by atoms with Gasteiger partial charge in [-0.15, -0.1) is 0 Å². The Kier molecular flexibility index (Phi) is 5.48. The molecule has 1 aliphatic heterocycles. The Morgan fingerprint density at radius 3 is 2.45 bits per heavy atom. The van der Waals surface area contributed by atoms with Gasteiger partial charge in [0.1, 0.15) is 6.04 Å². The molecule has 158 valence electrons. The van der Waals surface area contributed by atoms with Crippen molar-refractivity contribution in [3.63, 3.8) is 0 Å². The minimum atomic E-state index is -0.744. The van der Waals surface area contributed by atoms with Crippen LogP contribution in [0.2, 0.25) is 0 Å². The highest BCUT2D eigenvalue weighted by atomic mass is 16.6. The number of nitrogens with two attached hydrogens (primary N) is 1. The van der Waals surface area contributed by atoms with E-state index < -0.39 is 16.9 Å². The van der Waals surface area contributed by atoms with Gasteiger partial charge in [0.25, 0.3) is 5.69 Å². The molecule has 1 aliphatic rings. The number of fused-ring (bicyclic) bond motifs is 1. The quantitative estimate of drug-likeness (QED) is 0.482. The number of nitro groups is 1. The molecule has 4 rings (SSSR count). The van der Waals surface area contributed by atoms with Crippen molar-refractivity contribution in [1.82, 2.24) is 14.5 Å². The summed E-state index contributed by atoms with van der Waals surface area (Å²) in [5, 5.41) is 10.9. The third-order valence-corrected chi connectivity index (χ3v) is 5.46. The minimum Gasteiger partial charge on any atom is -0.368 e. The Bertz CT molecular complexity index is 1120. The fraction of sp³-hybridized carbons (Fsp3) is 0.227. The van der Waals surface area contributed by atoms with Crippen molar-refractivity contribution >= 4 is 17.5 Å². The lowest BCUT2D eigenvalue weighted by Crippen LogP contribution is -2.52. The molecule has 1 unspecified atom stereocenters. The van der Waals surface area contributed by atoms with Crippen molar-refractivity contribution in [2.24, 2.45) is 5.73 Å². The fourth-order valence-corrected chi connectivity index (χ4v) is 3.81. The number of rotatable bonds is 6. The molecule has 0 bridgehead atoms. The highest BCUT2D eigenvalue weighted by Crippen LogP contribution is 2.25. The van der Waals surface area contributed by atoms with Crippen LogP contribution in [0.1, 0.15) is 22.5 Å². The largest absolute Gasteiger partial charge is 0.368 e. The predicted octanol–water partition coefficient (Wildman–Crippen LogP) is 1.82. The van der Waals surface area contributed by atoms with Crippen molar-refractivity contribution in [2.75, 3.05) is 0 Å². The van der Waals surface area contributed by atoms with E-state index in [-0.39, 0.29) is 31.0 Å². The number of carbonyl (C=O) groups is 2. The van der Waals surface area contributed by atoms with E-state index in [0.717, 1.165) is 22.5 Å². The summed E-state index contributed by atoms with van der Waals surface area (Å²) in [5.74, 6) is -0.735. The van der Waals surface area contributed by atoms with Crippen LogP contribution in [0.25, 0.3) is 0 Å². The molecule has 0 fully saturated rings. The van der Waals surface area contributed by atoms with Gasteiger partial charge in [-0.25, -0.2) is 4.98 Å². The summed E-state index contributed by atoms with van der Waals surface area (Å²) in [6.45, 7) is 0.671. The van der Waals surface area contributed by atoms with Crippen LogP contribution in [0.5, 0.6) is 0 Å². The Labute approximate surface area is 178 Å². The van der Waals surface area contributed by atoms with Crippen molar-refractivity contribution in [3.05, 3.63) is 93.6 Å². The van der Waals surface area contributed by atoms with Crippen molar-refractivity contribution < 1.29 is 14.5 Å². The number of amides is 2. The molecule has 0 spiro atoms. The van der Waals surface area contributed by atoms with Gasteiger partial charge in [0, 0.05) is 25.1 Å². The van der Waals surface area contributed by atoms with Crippen molar-refractivity contribution in [2.45, 2.75) is 32.0 Å². The smallest absolute Gasteiger partial charge is 0.269 e. The fourth-order valence-electron chi connectivity index (χ4n) is 3.81. The van der Waals surface area contributed by atoms with Gasteiger partial charge in [-0.2, -0.15) is 0 Å². The summed E-state index contributed by atoms with van der Waals surface area (Å²) in [5.41, 5.74) is 8.91. The highest BCUT2D eigenvalue weighted by Gasteiger charge is 2.35. The van der Waals surface area contributed by atoms with E-state index in [9.17, 15) is 19.7 Å². The number of nitro benzene ring substituents is 1. The van der Waals surface area contributed by atoms with E-state index in [1.807, 2.05) is 34.9 Å².